The fraction of sp³-hybridized carbons (Fsp3) is 0. The number of amides is 1. The van der Waals surface area contributed by atoms with E-state index in [1.54, 1.807) is 30.3 Å². The Morgan fingerprint density at radius 2 is 2.00 bits per heavy atom. The number of halogens is 1. The first-order valence-electron chi connectivity index (χ1n) is 5.21. The molecule has 2 rings (SSSR count). The van der Waals surface area contributed by atoms with Crippen molar-refractivity contribution in [1.82, 2.24) is 0 Å². The number of anilines is 2. The van der Waals surface area contributed by atoms with Crippen molar-refractivity contribution in [2.45, 2.75) is 0 Å². The molecule has 0 atom stereocenters. The zero-order chi connectivity index (χ0) is 13.1. The van der Waals surface area contributed by atoms with Crippen molar-refractivity contribution in [2.24, 2.45) is 0 Å². The second kappa shape index (κ2) is 5.10. The summed E-state index contributed by atoms with van der Waals surface area (Å²) in [6.07, 6.45) is 0. The minimum atomic E-state index is -0.292. The van der Waals surface area contributed by atoms with Crippen LogP contribution in [0.5, 0.6) is 5.75 Å². The smallest absolute Gasteiger partial charge is 0.256 e. The lowest BCUT2D eigenvalue weighted by atomic mass is 10.2. The molecule has 1 amide bonds. The van der Waals surface area contributed by atoms with E-state index in [4.69, 9.17) is 5.73 Å². The lowest BCUT2D eigenvalue weighted by Gasteiger charge is -2.08. The summed E-state index contributed by atoms with van der Waals surface area (Å²) in [5, 5.41) is 12.0. The van der Waals surface area contributed by atoms with E-state index in [1.807, 2.05) is 0 Å². The van der Waals surface area contributed by atoms with Crippen molar-refractivity contribution in [3.63, 3.8) is 0 Å². The largest absolute Gasteiger partial charge is 0.508 e. The second-order valence-corrected chi connectivity index (χ2v) is 4.60. The predicted octanol–water partition coefficient (Wildman–Crippen LogP) is 2.99. The molecule has 0 saturated heterocycles. The number of hydrogen-bond acceptors (Lipinski definition) is 3. The zero-order valence-electron chi connectivity index (χ0n) is 9.35. The van der Waals surface area contributed by atoms with Crippen molar-refractivity contribution in [3.8, 4) is 5.75 Å². The monoisotopic (exact) mass is 306 g/mol. The van der Waals surface area contributed by atoms with Crippen LogP contribution in [0.1, 0.15) is 10.4 Å². The first-order valence-corrected chi connectivity index (χ1v) is 6.01. The maximum Gasteiger partial charge on any atom is 0.256 e. The number of aromatic hydroxyl groups is 1. The summed E-state index contributed by atoms with van der Waals surface area (Å²) in [6.45, 7) is 0. The van der Waals surface area contributed by atoms with Gasteiger partial charge in [0.2, 0.25) is 0 Å². The van der Waals surface area contributed by atoms with Crippen LogP contribution in [0.15, 0.2) is 46.9 Å². The molecule has 4 nitrogen and oxygen atoms in total. The van der Waals surface area contributed by atoms with Crippen LogP contribution in [0.3, 0.4) is 0 Å². The highest BCUT2D eigenvalue weighted by Gasteiger charge is 2.10. The summed E-state index contributed by atoms with van der Waals surface area (Å²) in [4.78, 5) is 12.0. The predicted molar refractivity (Wildman–Crippen MR) is 74.6 cm³/mol. The number of benzene rings is 2. The standard InChI is InChI=1S/C13H11BrN2O2/c14-12-5-4-8(15)6-11(12)13(18)16-9-2-1-3-10(17)7-9/h1-7,17H,15H2,(H,16,18). The Hall–Kier alpha value is -2.01. The summed E-state index contributed by atoms with van der Waals surface area (Å²) >= 11 is 3.29. The van der Waals surface area contributed by atoms with E-state index in [1.165, 1.54) is 12.1 Å². The molecule has 92 valence electrons. The Kier molecular flexibility index (Phi) is 3.53. The van der Waals surface area contributed by atoms with Gasteiger partial charge in [-0.05, 0) is 46.3 Å². The number of nitrogens with one attached hydrogen (secondary N) is 1. The van der Waals surface area contributed by atoms with Gasteiger partial charge < -0.3 is 16.2 Å². The van der Waals surface area contributed by atoms with Crippen LogP contribution in [-0.4, -0.2) is 11.0 Å². The Bertz CT molecular complexity index is 599. The van der Waals surface area contributed by atoms with E-state index in [0.29, 0.717) is 21.4 Å². The third-order valence-electron chi connectivity index (χ3n) is 2.34. The normalized spacial score (nSPS) is 10.1. The fourth-order valence-corrected chi connectivity index (χ4v) is 1.93. The molecule has 5 heteroatoms. The van der Waals surface area contributed by atoms with Crippen molar-refractivity contribution in [2.75, 3.05) is 11.1 Å². The molecule has 0 aliphatic carbocycles. The Morgan fingerprint density at radius 3 is 2.72 bits per heavy atom. The number of rotatable bonds is 2. The van der Waals surface area contributed by atoms with Crippen molar-refractivity contribution >= 4 is 33.2 Å². The van der Waals surface area contributed by atoms with Crippen molar-refractivity contribution in [1.29, 1.82) is 0 Å². The maximum atomic E-state index is 12.0. The minimum absolute atomic E-state index is 0.0967. The lowest BCUT2D eigenvalue weighted by Crippen LogP contribution is -2.12. The van der Waals surface area contributed by atoms with Gasteiger partial charge in [-0.2, -0.15) is 0 Å². The molecule has 0 radical (unpaired) electrons. The quantitative estimate of drug-likeness (QED) is 0.747. The second-order valence-electron chi connectivity index (χ2n) is 3.74. The van der Waals surface area contributed by atoms with Crippen molar-refractivity contribution < 1.29 is 9.90 Å². The third-order valence-corrected chi connectivity index (χ3v) is 3.03. The molecule has 0 saturated carbocycles. The fourth-order valence-electron chi connectivity index (χ4n) is 1.50. The SMILES string of the molecule is Nc1ccc(Br)c(C(=O)Nc2cccc(O)c2)c1. The molecule has 2 aromatic rings. The van der Waals surface area contributed by atoms with Crippen LogP contribution >= 0.6 is 15.9 Å². The van der Waals surface area contributed by atoms with Crippen LogP contribution in [0.4, 0.5) is 11.4 Å². The number of nitrogen functional groups attached to an aromatic ring is 1. The average Bonchev–Trinajstić information content (AvgIpc) is 2.32. The van der Waals surface area contributed by atoms with Gasteiger partial charge in [0.15, 0.2) is 0 Å². The van der Waals surface area contributed by atoms with E-state index in [9.17, 15) is 9.90 Å². The van der Waals surface area contributed by atoms with Crippen LogP contribution in [0.2, 0.25) is 0 Å². The molecule has 0 aromatic heterocycles. The molecule has 0 fully saturated rings. The van der Waals surface area contributed by atoms with Crippen LogP contribution < -0.4 is 11.1 Å². The zero-order valence-corrected chi connectivity index (χ0v) is 10.9. The molecule has 0 bridgehead atoms. The maximum absolute atomic E-state index is 12.0. The molecule has 0 unspecified atom stereocenters. The molecule has 0 aliphatic heterocycles. The summed E-state index contributed by atoms with van der Waals surface area (Å²) < 4.78 is 0.661. The number of phenolic OH excluding ortho intramolecular Hbond substituents is 1. The molecule has 0 spiro atoms. The number of nitrogens with two attached hydrogens (primary N) is 1. The van der Waals surface area contributed by atoms with Crippen molar-refractivity contribution in [3.05, 3.63) is 52.5 Å². The molecule has 4 N–H and O–H groups in total. The van der Waals surface area contributed by atoms with E-state index in [-0.39, 0.29) is 11.7 Å². The van der Waals surface area contributed by atoms with E-state index in [0.717, 1.165) is 0 Å². The Labute approximate surface area is 113 Å². The van der Waals surface area contributed by atoms with Crippen LogP contribution in [0.25, 0.3) is 0 Å². The number of carbonyl (C=O) groups is 1. The first kappa shape index (κ1) is 12.4. The van der Waals surface area contributed by atoms with Gasteiger partial charge in [0.05, 0.1) is 5.56 Å². The van der Waals surface area contributed by atoms with Gasteiger partial charge in [-0.1, -0.05) is 6.07 Å². The lowest BCUT2D eigenvalue weighted by molar-refractivity contribution is 0.102. The van der Waals surface area contributed by atoms with Crippen LogP contribution in [-0.2, 0) is 0 Å². The molecule has 0 heterocycles. The van der Waals surface area contributed by atoms with Gasteiger partial charge in [0.25, 0.3) is 5.91 Å². The van der Waals surface area contributed by atoms with E-state index in [2.05, 4.69) is 21.2 Å². The minimum Gasteiger partial charge on any atom is -0.508 e. The number of phenols is 1. The molecular weight excluding hydrogens is 296 g/mol. The Balaban J connectivity index is 2.24. The van der Waals surface area contributed by atoms with Gasteiger partial charge in [0, 0.05) is 21.9 Å². The molecule has 18 heavy (non-hydrogen) atoms. The number of carbonyl (C=O) groups excluding carboxylic acids is 1. The average molecular weight is 307 g/mol. The number of hydrogen-bond donors (Lipinski definition) is 3. The van der Waals surface area contributed by atoms with Gasteiger partial charge >= 0.3 is 0 Å². The summed E-state index contributed by atoms with van der Waals surface area (Å²) in [5.74, 6) is -0.195. The van der Waals surface area contributed by atoms with Gasteiger partial charge in [-0.15, -0.1) is 0 Å². The molecule has 0 aliphatic rings. The highest BCUT2D eigenvalue weighted by Crippen LogP contribution is 2.22. The summed E-state index contributed by atoms with van der Waals surface area (Å²) in [7, 11) is 0. The highest BCUT2D eigenvalue weighted by molar-refractivity contribution is 9.10. The summed E-state index contributed by atoms with van der Waals surface area (Å²) in [5.41, 5.74) is 7.12. The van der Waals surface area contributed by atoms with E-state index >= 15 is 0 Å². The van der Waals surface area contributed by atoms with Gasteiger partial charge in [-0.3, -0.25) is 4.79 Å². The van der Waals surface area contributed by atoms with Crippen LogP contribution in [0, 0.1) is 0 Å². The highest BCUT2D eigenvalue weighted by atomic mass is 79.9. The first-order chi connectivity index (χ1) is 8.56. The summed E-state index contributed by atoms with van der Waals surface area (Å²) in [6, 6.07) is 11.4. The molecule has 2 aromatic carbocycles. The topological polar surface area (TPSA) is 75.4 Å². The molecular formula is C13H11BrN2O2. The Morgan fingerprint density at radius 1 is 1.22 bits per heavy atom. The van der Waals surface area contributed by atoms with Gasteiger partial charge in [0.1, 0.15) is 5.75 Å². The van der Waals surface area contributed by atoms with E-state index < -0.39 is 0 Å². The third kappa shape index (κ3) is 2.81. The van der Waals surface area contributed by atoms with Gasteiger partial charge in [-0.25, -0.2) is 0 Å².